The summed E-state index contributed by atoms with van der Waals surface area (Å²) in [4.78, 5) is 27.7. The van der Waals surface area contributed by atoms with E-state index in [9.17, 15) is 23.3 Å². The van der Waals surface area contributed by atoms with E-state index >= 15 is 0 Å². The minimum absolute atomic E-state index is 0.0187. The van der Waals surface area contributed by atoms with Gasteiger partial charge >= 0.3 is 6.09 Å². The summed E-state index contributed by atoms with van der Waals surface area (Å²) >= 11 is 6.18. The molecule has 2 aliphatic carbocycles. The van der Waals surface area contributed by atoms with Crippen LogP contribution >= 0.6 is 11.6 Å². The lowest BCUT2D eigenvalue weighted by molar-refractivity contribution is -0.140. The first-order valence-electron chi connectivity index (χ1n) is 11.5. The van der Waals surface area contributed by atoms with E-state index in [4.69, 9.17) is 16.3 Å². The van der Waals surface area contributed by atoms with Crippen LogP contribution in [-0.2, 0) is 24.8 Å². The molecule has 1 aliphatic heterocycles. The highest BCUT2D eigenvalue weighted by Crippen LogP contribution is 2.51. The van der Waals surface area contributed by atoms with Gasteiger partial charge in [0.05, 0.1) is 26.7 Å². The molecule has 3 fully saturated rings. The average molecular weight is 514 g/mol. The minimum atomic E-state index is -3.91. The summed E-state index contributed by atoms with van der Waals surface area (Å²) in [6.45, 7) is -0.123. The lowest BCUT2D eigenvalue weighted by atomic mass is 9.94. The Balaban J connectivity index is 1.43. The van der Waals surface area contributed by atoms with E-state index in [1.165, 1.54) is 17.0 Å². The predicted molar refractivity (Wildman–Crippen MR) is 127 cm³/mol. The van der Waals surface area contributed by atoms with Gasteiger partial charge in [0.2, 0.25) is 5.91 Å². The van der Waals surface area contributed by atoms with E-state index in [1.54, 1.807) is 12.1 Å². The number of nitrogens with zero attached hydrogens (tertiary/aromatic N) is 2. The average Bonchev–Trinajstić information content (AvgIpc) is 3.77. The second-order valence-electron chi connectivity index (χ2n) is 9.42. The second kappa shape index (κ2) is 8.54. The zero-order valence-electron chi connectivity index (χ0n) is 18.8. The second-order valence-corrected chi connectivity index (χ2v) is 12.0. The summed E-state index contributed by atoms with van der Waals surface area (Å²) in [6.07, 6.45) is 0.291. The molecule has 3 aliphatic rings. The van der Waals surface area contributed by atoms with Gasteiger partial charge in [-0.15, -0.1) is 0 Å². The number of nitrogens with one attached hydrogen (secondary N) is 1. The number of nitriles is 1. The summed E-state index contributed by atoms with van der Waals surface area (Å²) in [5.74, 6) is -0.264. The third-order valence-electron chi connectivity index (χ3n) is 7.09. The third-order valence-corrected chi connectivity index (χ3v) is 9.72. The molecule has 2 aromatic rings. The number of ether oxygens (including phenoxy) is 1. The molecule has 2 atom stereocenters. The maximum atomic E-state index is 13.8. The van der Waals surface area contributed by atoms with Crippen LogP contribution in [0.1, 0.15) is 37.7 Å². The molecule has 0 bridgehead atoms. The predicted octanol–water partition coefficient (Wildman–Crippen LogP) is 3.55. The SMILES string of the molecule is N#CC1(NC(=O)O[C@H]2C[C@@H](S(=O)(=O)c3ccccc3Cl)CN2C(=O)C2(c3ccccc3)CC2)CC1. The molecule has 2 saturated carbocycles. The van der Waals surface area contributed by atoms with E-state index < -0.39 is 38.4 Å². The van der Waals surface area contributed by atoms with Gasteiger partial charge in [0.25, 0.3) is 0 Å². The van der Waals surface area contributed by atoms with Crippen LogP contribution in [0, 0.1) is 11.3 Å². The van der Waals surface area contributed by atoms with Crippen LogP contribution < -0.4 is 5.32 Å². The number of rotatable bonds is 6. The minimum Gasteiger partial charge on any atom is -0.425 e. The highest BCUT2D eigenvalue weighted by atomic mass is 35.5. The standard InChI is InChI=1S/C25H24ClN3O5S/c26-19-8-4-5-9-20(19)35(32,33)18-14-21(34-23(31)28-24(16-27)10-11-24)29(15-18)22(30)25(12-13-25)17-6-2-1-3-7-17/h1-9,18,21H,10-15H2,(H,28,31)/t18-,21+/m1/s1. The molecule has 2 amide bonds. The quantitative estimate of drug-likeness (QED) is 0.631. The molecule has 2 aromatic carbocycles. The first kappa shape index (κ1) is 23.6. The molecule has 10 heteroatoms. The first-order valence-corrected chi connectivity index (χ1v) is 13.4. The van der Waals surface area contributed by atoms with E-state index in [0.717, 1.165) is 5.56 Å². The van der Waals surface area contributed by atoms with Gasteiger partial charge in [0.1, 0.15) is 5.54 Å². The van der Waals surface area contributed by atoms with Gasteiger partial charge in [-0.1, -0.05) is 54.1 Å². The zero-order chi connectivity index (χ0) is 24.8. The monoisotopic (exact) mass is 513 g/mol. The van der Waals surface area contributed by atoms with Crippen molar-refractivity contribution in [1.29, 1.82) is 5.26 Å². The number of hydrogen-bond acceptors (Lipinski definition) is 6. The highest BCUT2D eigenvalue weighted by molar-refractivity contribution is 7.92. The van der Waals surface area contributed by atoms with Gasteiger partial charge in [-0.3, -0.25) is 4.79 Å². The van der Waals surface area contributed by atoms with Gasteiger partial charge in [0, 0.05) is 13.0 Å². The van der Waals surface area contributed by atoms with E-state index in [2.05, 4.69) is 11.4 Å². The Hall–Kier alpha value is -3.09. The lowest BCUT2D eigenvalue weighted by Gasteiger charge is -2.29. The van der Waals surface area contributed by atoms with Gasteiger partial charge < -0.3 is 15.0 Å². The smallest absolute Gasteiger partial charge is 0.410 e. The molecular formula is C25H24ClN3O5S. The molecule has 0 unspecified atom stereocenters. The van der Waals surface area contributed by atoms with Gasteiger partial charge in [-0.2, -0.15) is 5.26 Å². The molecule has 1 N–H and O–H groups in total. The van der Waals surface area contributed by atoms with Crippen LogP contribution in [0.4, 0.5) is 4.79 Å². The van der Waals surface area contributed by atoms with Gasteiger partial charge in [0.15, 0.2) is 16.1 Å². The van der Waals surface area contributed by atoms with Crippen LogP contribution in [0.3, 0.4) is 0 Å². The number of carbonyl (C=O) groups excluding carboxylic acids is 2. The van der Waals surface area contributed by atoms with Crippen molar-refractivity contribution in [1.82, 2.24) is 10.2 Å². The van der Waals surface area contributed by atoms with Crippen LogP contribution in [-0.4, -0.2) is 48.9 Å². The number of halogens is 1. The van der Waals surface area contributed by atoms with Gasteiger partial charge in [-0.25, -0.2) is 13.2 Å². The van der Waals surface area contributed by atoms with Gasteiger partial charge in [-0.05, 0) is 43.4 Å². The number of alkyl carbamates (subject to hydrolysis) is 1. The number of benzene rings is 2. The van der Waals surface area contributed by atoms with Crippen LogP contribution in [0.25, 0.3) is 0 Å². The molecule has 1 saturated heterocycles. The van der Waals surface area contributed by atoms with Crippen LogP contribution in [0.5, 0.6) is 0 Å². The first-order chi connectivity index (χ1) is 16.7. The topological polar surface area (TPSA) is 117 Å². The number of likely N-dealkylation sites (tertiary alicyclic amines) is 1. The van der Waals surface area contributed by atoms with E-state index in [0.29, 0.717) is 25.7 Å². The fraction of sp³-hybridized carbons (Fsp3) is 0.400. The van der Waals surface area contributed by atoms with Crippen molar-refractivity contribution in [2.45, 2.75) is 59.4 Å². The summed E-state index contributed by atoms with van der Waals surface area (Å²) in [6, 6.07) is 17.6. The molecule has 0 spiro atoms. The Kier molecular flexibility index (Phi) is 5.77. The largest absolute Gasteiger partial charge is 0.425 e. The molecule has 35 heavy (non-hydrogen) atoms. The Morgan fingerprint density at radius 2 is 1.71 bits per heavy atom. The number of hydrogen-bond donors (Lipinski definition) is 1. The number of sulfone groups is 1. The Morgan fingerprint density at radius 3 is 2.31 bits per heavy atom. The van der Waals surface area contributed by atoms with E-state index in [1.807, 2.05) is 30.3 Å². The summed E-state index contributed by atoms with van der Waals surface area (Å²) < 4.78 is 32.5. The lowest BCUT2D eigenvalue weighted by Crippen LogP contribution is -2.46. The summed E-state index contributed by atoms with van der Waals surface area (Å²) in [7, 11) is -3.91. The van der Waals surface area contributed by atoms with Crippen molar-refractivity contribution in [2.75, 3.05) is 6.54 Å². The molecule has 182 valence electrons. The highest BCUT2D eigenvalue weighted by Gasteiger charge is 2.57. The fourth-order valence-corrected chi connectivity index (χ4v) is 6.89. The van der Waals surface area contributed by atoms with Crippen molar-refractivity contribution in [3.63, 3.8) is 0 Å². The van der Waals surface area contributed by atoms with Crippen molar-refractivity contribution in [2.24, 2.45) is 0 Å². The van der Waals surface area contributed by atoms with Crippen molar-refractivity contribution < 1.29 is 22.7 Å². The zero-order valence-corrected chi connectivity index (χ0v) is 20.4. The van der Waals surface area contributed by atoms with Crippen molar-refractivity contribution >= 4 is 33.4 Å². The van der Waals surface area contributed by atoms with Crippen molar-refractivity contribution in [3.05, 3.63) is 65.2 Å². The molecule has 5 rings (SSSR count). The Bertz CT molecular complexity index is 1320. The Labute approximate surface area is 208 Å². The fourth-order valence-electron chi connectivity index (χ4n) is 4.69. The normalized spacial score (nSPS) is 23.7. The molecule has 8 nitrogen and oxygen atoms in total. The maximum absolute atomic E-state index is 13.8. The molecule has 0 radical (unpaired) electrons. The van der Waals surface area contributed by atoms with Crippen molar-refractivity contribution in [3.8, 4) is 6.07 Å². The summed E-state index contributed by atoms with van der Waals surface area (Å²) in [5.41, 5.74) is -0.853. The number of carbonyl (C=O) groups is 2. The maximum Gasteiger partial charge on any atom is 0.410 e. The van der Waals surface area contributed by atoms with Crippen LogP contribution in [0.15, 0.2) is 59.5 Å². The molecule has 1 heterocycles. The number of amides is 2. The Morgan fingerprint density at radius 1 is 1.06 bits per heavy atom. The van der Waals surface area contributed by atoms with Crippen LogP contribution in [0.2, 0.25) is 5.02 Å². The molecular weight excluding hydrogens is 490 g/mol. The third kappa shape index (κ3) is 4.26. The molecule has 0 aromatic heterocycles. The summed E-state index contributed by atoms with van der Waals surface area (Å²) in [5, 5.41) is 10.9. The van der Waals surface area contributed by atoms with E-state index in [-0.39, 0.29) is 28.8 Å².